The van der Waals surface area contributed by atoms with Crippen LogP contribution < -0.4 is 0 Å². The average molecular weight is 355 g/mol. The predicted molar refractivity (Wildman–Crippen MR) is 103 cm³/mol. The van der Waals surface area contributed by atoms with Crippen LogP contribution in [-0.4, -0.2) is 70.4 Å². The van der Waals surface area contributed by atoms with Gasteiger partial charge in [0.15, 0.2) is 0 Å². The zero-order valence-corrected chi connectivity index (χ0v) is 16.2. The van der Waals surface area contributed by atoms with Gasteiger partial charge in [0.25, 0.3) is 0 Å². The number of amides is 1. The molecule has 2 heterocycles. The summed E-state index contributed by atoms with van der Waals surface area (Å²) >= 11 is 0. The predicted octanol–water partition coefficient (Wildman–Crippen LogP) is 1.68. The Morgan fingerprint density at radius 3 is 2.54 bits per heavy atom. The molecule has 0 N–H and O–H groups in total. The fourth-order valence-corrected chi connectivity index (χ4v) is 3.55. The molecule has 0 saturated carbocycles. The Morgan fingerprint density at radius 2 is 1.96 bits per heavy atom. The van der Waals surface area contributed by atoms with Gasteiger partial charge in [-0.25, -0.2) is 4.98 Å². The lowest BCUT2D eigenvalue weighted by Gasteiger charge is -2.37. The van der Waals surface area contributed by atoms with E-state index in [1.165, 1.54) is 5.56 Å². The number of piperazine rings is 1. The van der Waals surface area contributed by atoms with Crippen molar-refractivity contribution in [2.24, 2.45) is 7.05 Å². The maximum Gasteiger partial charge on any atom is 0.244 e. The lowest BCUT2D eigenvalue weighted by Crippen LogP contribution is -2.51. The molecule has 140 valence electrons. The third-order valence-corrected chi connectivity index (χ3v) is 5.08. The molecule has 1 aliphatic rings. The van der Waals surface area contributed by atoms with Crippen molar-refractivity contribution in [3.8, 4) is 0 Å². The zero-order chi connectivity index (χ0) is 18.7. The Hall–Kier alpha value is -2.18. The highest BCUT2D eigenvalue weighted by Crippen LogP contribution is 2.23. The first-order valence-corrected chi connectivity index (χ1v) is 9.16. The van der Waals surface area contributed by atoms with Crippen LogP contribution in [0.5, 0.6) is 0 Å². The van der Waals surface area contributed by atoms with E-state index in [1.54, 1.807) is 0 Å². The molecule has 1 amide bonds. The minimum atomic E-state index is -0.226. The molecular weight excluding hydrogens is 326 g/mol. The molecule has 0 spiro atoms. The van der Waals surface area contributed by atoms with Crippen molar-refractivity contribution in [1.29, 1.82) is 0 Å². The molecule has 1 fully saturated rings. The summed E-state index contributed by atoms with van der Waals surface area (Å²) in [6, 6.07) is 8.03. The average Bonchev–Trinajstić information content (AvgIpc) is 3.00. The van der Waals surface area contributed by atoms with Gasteiger partial charge in [0.05, 0.1) is 6.54 Å². The highest BCUT2D eigenvalue weighted by atomic mass is 16.2. The highest BCUT2D eigenvalue weighted by Gasteiger charge is 2.30. The van der Waals surface area contributed by atoms with Crippen molar-refractivity contribution in [3.05, 3.63) is 53.6 Å². The van der Waals surface area contributed by atoms with Gasteiger partial charge in [0.1, 0.15) is 11.9 Å². The Labute approximate surface area is 156 Å². The number of hydrogen-bond donors (Lipinski definition) is 0. The largest absolute Gasteiger partial charge is 0.338 e. The summed E-state index contributed by atoms with van der Waals surface area (Å²) in [5.74, 6) is 1.26. The van der Waals surface area contributed by atoms with Crippen LogP contribution in [0.4, 0.5) is 0 Å². The van der Waals surface area contributed by atoms with Gasteiger partial charge in [-0.2, -0.15) is 0 Å². The van der Waals surface area contributed by atoms with Crippen molar-refractivity contribution in [1.82, 2.24) is 24.3 Å². The van der Waals surface area contributed by atoms with Gasteiger partial charge in [-0.15, -0.1) is 0 Å². The number of benzene rings is 1. The second-order valence-electron chi connectivity index (χ2n) is 7.34. The minimum Gasteiger partial charge on any atom is -0.338 e. The van der Waals surface area contributed by atoms with Crippen LogP contribution in [-0.2, 0) is 18.4 Å². The van der Waals surface area contributed by atoms with E-state index < -0.39 is 0 Å². The Kier molecular flexibility index (Phi) is 5.74. The topological polar surface area (TPSA) is 44.6 Å². The Bertz CT molecular complexity index is 746. The third-order valence-electron chi connectivity index (χ3n) is 5.08. The molecular formula is C20H29N5O. The molecule has 6 heteroatoms. The maximum atomic E-state index is 13.2. The summed E-state index contributed by atoms with van der Waals surface area (Å²) < 4.78 is 2.05. The van der Waals surface area contributed by atoms with Crippen LogP contribution in [0, 0.1) is 6.92 Å². The fourth-order valence-electron chi connectivity index (χ4n) is 3.55. The first kappa shape index (κ1) is 18.6. The SMILES string of the molecule is Cc1cccc([C@H](C(=O)N2CCN(Cc3nccn3C)CC2)N(C)C)c1. The fraction of sp³-hybridized carbons (Fsp3) is 0.500. The molecule has 3 rings (SSSR count). The van der Waals surface area contributed by atoms with E-state index in [2.05, 4.69) is 33.5 Å². The standard InChI is InChI=1S/C20H29N5O/c1-16-6-5-7-17(14-16)19(22(2)3)20(26)25-12-10-24(11-13-25)15-18-21-8-9-23(18)4/h5-9,14,19H,10-13,15H2,1-4H3/t19-/m1/s1. The van der Waals surface area contributed by atoms with E-state index in [4.69, 9.17) is 0 Å². The van der Waals surface area contributed by atoms with Gasteiger partial charge in [0.2, 0.25) is 5.91 Å². The van der Waals surface area contributed by atoms with E-state index in [9.17, 15) is 4.79 Å². The number of rotatable bonds is 5. The first-order valence-electron chi connectivity index (χ1n) is 9.16. The first-order chi connectivity index (χ1) is 12.5. The molecule has 1 saturated heterocycles. The van der Waals surface area contributed by atoms with Crippen molar-refractivity contribution >= 4 is 5.91 Å². The monoisotopic (exact) mass is 355 g/mol. The molecule has 0 radical (unpaired) electrons. The van der Waals surface area contributed by atoms with Crippen LogP contribution in [0.1, 0.15) is 23.0 Å². The number of likely N-dealkylation sites (N-methyl/N-ethyl adjacent to an activating group) is 1. The minimum absolute atomic E-state index is 0.192. The van der Waals surface area contributed by atoms with Gasteiger partial charge in [-0.1, -0.05) is 29.8 Å². The number of hydrogen-bond acceptors (Lipinski definition) is 4. The van der Waals surface area contributed by atoms with E-state index >= 15 is 0 Å². The van der Waals surface area contributed by atoms with Gasteiger partial charge in [-0.05, 0) is 26.6 Å². The molecule has 2 aromatic rings. The second kappa shape index (κ2) is 8.01. The Morgan fingerprint density at radius 1 is 1.23 bits per heavy atom. The molecule has 1 aromatic carbocycles. The summed E-state index contributed by atoms with van der Waals surface area (Å²) in [7, 11) is 5.97. The molecule has 6 nitrogen and oxygen atoms in total. The van der Waals surface area contributed by atoms with Crippen LogP contribution in [0.15, 0.2) is 36.7 Å². The number of aromatic nitrogens is 2. The van der Waals surface area contributed by atoms with Crippen LogP contribution in [0.2, 0.25) is 0 Å². The molecule has 1 aromatic heterocycles. The van der Waals surface area contributed by atoms with Gasteiger partial charge in [-0.3, -0.25) is 14.6 Å². The number of nitrogens with zero attached hydrogens (tertiary/aromatic N) is 5. The van der Waals surface area contributed by atoms with E-state index in [0.717, 1.165) is 44.1 Å². The maximum absolute atomic E-state index is 13.2. The summed E-state index contributed by atoms with van der Waals surface area (Å²) in [5, 5.41) is 0. The van der Waals surface area contributed by atoms with Gasteiger partial charge >= 0.3 is 0 Å². The molecule has 1 atom stereocenters. The van der Waals surface area contributed by atoms with E-state index in [-0.39, 0.29) is 11.9 Å². The molecule has 0 bridgehead atoms. The van der Waals surface area contributed by atoms with Crippen molar-refractivity contribution in [2.75, 3.05) is 40.3 Å². The van der Waals surface area contributed by atoms with Crippen molar-refractivity contribution in [3.63, 3.8) is 0 Å². The molecule has 26 heavy (non-hydrogen) atoms. The third kappa shape index (κ3) is 4.14. The van der Waals surface area contributed by atoms with Gasteiger partial charge in [0, 0.05) is 45.6 Å². The quantitative estimate of drug-likeness (QED) is 0.819. The second-order valence-corrected chi connectivity index (χ2v) is 7.34. The normalized spacial score (nSPS) is 16.9. The summed E-state index contributed by atoms with van der Waals surface area (Å²) in [4.78, 5) is 24.0. The Balaban J connectivity index is 1.63. The van der Waals surface area contributed by atoms with Crippen molar-refractivity contribution in [2.45, 2.75) is 19.5 Å². The van der Waals surface area contributed by atoms with E-state index in [1.807, 2.05) is 55.5 Å². The molecule has 0 unspecified atom stereocenters. The van der Waals surface area contributed by atoms with Crippen LogP contribution >= 0.6 is 0 Å². The summed E-state index contributed by atoms with van der Waals surface area (Å²) in [5.41, 5.74) is 2.25. The number of carbonyl (C=O) groups excluding carboxylic acids is 1. The van der Waals surface area contributed by atoms with Gasteiger partial charge < -0.3 is 9.47 Å². The smallest absolute Gasteiger partial charge is 0.244 e. The van der Waals surface area contributed by atoms with Crippen molar-refractivity contribution < 1.29 is 4.79 Å². The molecule has 0 aliphatic carbocycles. The van der Waals surface area contributed by atoms with Crippen LogP contribution in [0.25, 0.3) is 0 Å². The van der Waals surface area contributed by atoms with E-state index in [0.29, 0.717) is 0 Å². The number of imidazole rings is 1. The summed E-state index contributed by atoms with van der Waals surface area (Å²) in [6.07, 6.45) is 3.80. The number of aryl methyl sites for hydroxylation is 2. The van der Waals surface area contributed by atoms with Crippen LogP contribution in [0.3, 0.4) is 0 Å². The lowest BCUT2D eigenvalue weighted by atomic mass is 10.0. The lowest BCUT2D eigenvalue weighted by molar-refractivity contribution is -0.138. The molecule has 1 aliphatic heterocycles. The zero-order valence-electron chi connectivity index (χ0n) is 16.2. The number of carbonyl (C=O) groups is 1. The highest BCUT2D eigenvalue weighted by molar-refractivity contribution is 5.83. The summed E-state index contributed by atoms with van der Waals surface area (Å²) in [6.45, 7) is 6.19.